The van der Waals surface area contributed by atoms with Gasteiger partial charge in [-0.15, -0.1) is 0 Å². The fraction of sp³-hybridized carbons (Fsp3) is 0.944. The summed E-state index contributed by atoms with van der Waals surface area (Å²) in [5.41, 5.74) is -0.636. The molecule has 5 heteroatoms. The Hall–Kier alpha value is -0.650. The molecular formula is C18H35N3O2. The van der Waals surface area contributed by atoms with Gasteiger partial charge in [-0.1, -0.05) is 20.8 Å². The first-order chi connectivity index (χ1) is 11.0. The molecule has 1 atom stereocenters. The van der Waals surface area contributed by atoms with Crippen LogP contribution in [0.25, 0.3) is 0 Å². The SMILES string of the molecule is COC1(C(=O)NCC(C(C)C)N2CCC(C)CC2)CCNCC1. The van der Waals surface area contributed by atoms with Gasteiger partial charge in [0, 0.05) is 19.7 Å². The third-order valence-corrected chi connectivity index (χ3v) is 5.74. The Balaban J connectivity index is 1.91. The predicted octanol–water partition coefficient (Wildman–Crippen LogP) is 1.63. The summed E-state index contributed by atoms with van der Waals surface area (Å²) < 4.78 is 5.63. The van der Waals surface area contributed by atoms with Crippen LogP contribution in [0.1, 0.15) is 46.5 Å². The maximum atomic E-state index is 12.7. The molecule has 2 heterocycles. The van der Waals surface area contributed by atoms with Crippen molar-refractivity contribution in [2.45, 2.75) is 58.1 Å². The predicted molar refractivity (Wildman–Crippen MR) is 93.5 cm³/mol. The van der Waals surface area contributed by atoms with E-state index < -0.39 is 5.60 Å². The highest BCUT2D eigenvalue weighted by atomic mass is 16.5. The average molecular weight is 325 g/mol. The van der Waals surface area contributed by atoms with Crippen molar-refractivity contribution in [1.82, 2.24) is 15.5 Å². The van der Waals surface area contributed by atoms with Crippen LogP contribution in [0.4, 0.5) is 0 Å². The third kappa shape index (κ3) is 4.68. The first-order valence-corrected chi connectivity index (χ1v) is 9.27. The lowest BCUT2D eigenvalue weighted by Gasteiger charge is -2.40. The van der Waals surface area contributed by atoms with E-state index in [1.165, 1.54) is 12.8 Å². The molecule has 2 fully saturated rings. The first-order valence-electron chi connectivity index (χ1n) is 9.27. The molecule has 0 radical (unpaired) electrons. The van der Waals surface area contributed by atoms with Crippen LogP contribution in [-0.4, -0.2) is 62.3 Å². The molecule has 2 aliphatic heterocycles. The lowest BCUT2D eigenvalue weighted by molar-refractivity contribution is -0.147. The summed E-state index contributed by atoms with van der Waals surface area (Å²) in [7, 11) is 1.66. The van der Waals surface area contributed by atoms with Crippen LogP contribution in [0.5, 0.6) is 0 Å². The van der Waals surface area contributed by atoms with Crippen molar-refractivity contribution >= 4 is 5.91 Å². The maximum absolute atomic E-state index is 12.7. The normalized spacial score (nSPS) is 24.6. The fourth-order valence-electron chi connectivity index (χ4n) is 3.86. The molecule has 5 nitrogen and oxygen atoms in total. The van der Waals surface area contributed by atoms with Crippen molar-refractivity contribution in [3.8, 4) is 0 Å². The number of carbonyl (C=O) groups excluding carboxylic acids is 1. The van der Waals surface area contributed by atoms with Gasteiger partial charge in [0.1, 0.15) is 5.60 Å². The second kappa shape index (κ2) is 8.45. The van der Waals surface area contributed by atoms with Crippen LogP contribution in [0.3, 0.4) is 0 Å². The number of hydrogen-bond acceptors (Lipinski definition) is 4. The molecule has 1 amide bonds. The van der Waals surface area contributed by atoms with Crippen LogP contribution >= 0.6 is 0 Å². The highest BCUT2D eigenvalue weighted by molar-refractivity contribution is 5.85. The van der Waals surface area contributed by atoms with Gasteiger partial charge in [0.15, 0.2) is 0 Å². The summed E-state index contributed by atoms with van der Waals surface area (Å²) in [5.74, 6) is 1.44. The van der Waals surface area contributed by atoms with E-state index in [4.69, 9.17) is 4.74 Å². The van der Waals surface area contributed by atoms with Crippen molar-refractivity contribution in [1.29, 1.82) is 0 Å². The van der Waals surface area contributed by atoms with Gasteiger partial charge in [-0.05, 0) is 63.7 Å². The van der Waals surface area contributed by atoms with E-state index >= 15 is 0 Å². The van der Waals surface area contributed by atoms with Gasteiger partial charge in [-0.25, -0.2) is 0 Å². The molecule has 1 unspecified atom stereocenters. The molecule has 2 aliphatic rings. The minimum atomic E-state index is -0.636. The number of amides is 1. The molecule has 0 saturated carbocycles. The highest BCUT2D eigenvalue weighted by Gasteiger charge is 2.40. The average Bonchev–Trinajstić information content (AvgIpc) is 2.56. The van der Waals surface area contributed by atoms with E-state index in [9.17, 15) is 4.79 Å². The van der Waals surface area contributed by atoms with Gasteiger partial charge >= 0.3 is 0 Å². The second-order valence-corrected chi connectivity index (χ2v) is 7.69. The summed E-state index contributed by atoms with van der Waals surface area (Å²) in [5, 5.41) is 6.50. The van der Waals surface area contributed by atoms with E-state index in [0.717, 1.165) is 51.5 Å². The molecule has 2 rings (SSSR count). The topological polar surface area (TPSA) is 53.6 Å². The summed E-state index contributed by atoms with van der Waals surface area (Å²) in [6.45, 7) is 11.6. The van der Waals surface area contributed by atoms with Crippen LogP contribution in [-0.2, 0) is 9.53 Å². The summed E-state index contributed by atoms with van der Waals surface area (Å²) in [6.07, 6.45) is 4.04. The Labute approximate surface area is 141 Å². The molecule has 2 N–H and O–H groups in total. The van der Waals surface area contributed by atoms with Gasteiger partial charge in [0.2, 0.25) is 0 Å². The van der Waals surface area contributed by atoms with Gasteiger partial charge < -0.3 is 15.4 Å². The summed E-state index contributed by atoms with van der Waals surface area (Å²) in [6, 6.07) is 0.419. The van der Waals surface area contributed by atoms with Crippen molar-refractivity contribution < 1.29 is 9.53 Å². The Morgan fingerprint density at radius 2 is 1.91 bits per heavy atom. The first kappa shape index (κ1) is 18.7. The number of likely N-dealkylation sites (tertiary alicyclic amines) is 1. The molecular weight excluding hydrogens is 290 g/mol. The van der Waals surface area contributed by atoms with Crippen molar-refractivity contribution in [3.63, 3.8) is 0 Å². The van der Waals surface area contributed by atoms with E-state index in [1.807, 2.05) is 0 Å². The van der Waals surface area contributed by atoms with Crippen molar-refractivity contribution in [2.24, 2.45) is 11.8 Å². The molecule has 0 aromatic carbocycles. The minimum absolute atomic E-state index is 0.0672. The number of ether oxygens (including phenoxy) is 1. The van der Waals surface area contributed by atoms with Gasteiger partial charge in [-0.2, -0.15) is 0 Å². The van der Waals surface area contributed by atoms with Crippen LogP contribution in [0.2, 0.25) is 0 Å². The zero-order valence-corrected chi connectivity index (χ0v) is 15.4. The monoisotopic (exact) mass is 325 g/mol. The Morgan fingerprint density at radius 1 is 1.30 bits per heavy atom. The largest absolute Gasteiger partial charge is 0.368 e. The molecule has 0 bridgehead atoms. The third-order valence-electron chi connectivity index (χ3n) is 5.74. The Morgan fingerprint density at radius 3 is 2.43 bits per heavy atom. The van der Waals surface area contributed by atoms with E-state index in [1.54, 1.807) is 7.11 Å². The van der Waals surface area contributed by atoms with E-state index in [2.05, 4.69) is 36.3 Å². The number of nitrogens with zero attached hydrogens (tertiary/aromatic N) is 1. The zero-order chi connectivity index (χ0) is 16.9. The maximum Gasteiger partial charge on any atom is 0.252 e. The Kier molecular flexibility index (Phi) is 6.86. The zero-order valence-electron chi connectivity index (χ0n) is 15.4. The van der Waals surface area contributed by atoms with Crippen molar-refractivity contribution in [2.75, 3.05) is 39.8 Å². The summed E-state index contributed by atoms with van der Waals surface area (Å²) >= 11 is 0. The fourth-order valence-corrected chi connectivity index (χ4v) is 3.86. The number of piperidine rings is 2. The molecule has 2 saturated heterocycles. The molecule has 0 aliphatic carbocycles. The van der Waals surface area contributed by atoms with Gasteiger partial charge in [-0.3, -0.25) is 9.69 Å². The lowest BCUT2D eigenvalue weighted by atomic mass is 9.90. The second-order valence-electron chi connectivity index (χ2n) is 7.69. The Bertz CT molecular complexity index is 372. The number of rotatable bonds is 6. The van der Waals surface area contributed by atoms with Crippen LogP contribution in [0.15, 0.2) is 0 Å². The quantitative estimate of drug-likeness (QED) is 0.779. The van der Waals surface area contributed by atoms with E-state index in [-0.39, 0.29) is 5.91 Å². The smallest absolute Gasteiger partial charge is 0.252 e. The van der Waals surface area contributed by atoms with Gasteiger partial charge in [0.25, 0.3) is 5.91 Å². The standard InChI is InChI=1S/C18H35N3O2/c1-14(2)16(21-11-5-15(3)6-12-21)13-20-17(22)18(23-4)7-9-19-10-8-18/h14-16,19H,5-13H2,1-4H3,(H,20,22). The number of methoxy groups -OCH3 is 1. The summed E-state index contributed by atoms with van der Waals surface area (Å²) in [4.78, 5) is 15.3. The number of nitrogens with one attached hydrogen (secondary N) is 2. The molecule has 134 valence electrons. The molecule has 23 heavy (non-hydrogen) atoms. The number of carbonyl (C=O) groups is 1. The lowest BCUT2D eigenvalue weighted by Crippen LogP contribution is -2.57. The number of hydrogen-bond donors (Lipinski definition) is 2. The highest BCUT2D eigenvalue weighted by Crippen LogP contribution is 2.24. The van der Waals surface area contributed by atoms with Crippen LogP contribution in [0, 0.1) is 11.8 Å². The van der Waals surface area contributed by atoms with Crippen LogP contribution < -0.4 is 10.6 Å². The van der Waals surface area contributed by atoms with E-state index in [0.29, 0.717) is 12.0 Å². The van der Waals surface area contributed by atoms with Gasteiger partial charge in [0.05, 0.1) is 0 Å². The molecule has 0 aromatic heterocycles. The minimum Gasteiger partial charge on any atom is -0.368 e. The molecule has 0 aromatic rings. The molecule has 0 spiro atoms. The van der Waals surface area contributed by atoms with Crippen molar-refractivity contribution in [3.05, 3.63) is 0 Å².